The van der Waals surface area contributed by atoms with Gasteiger partial charge >= 0.3 is 0 Å². The first-order valence-corrected chi connectivity index (χ1v) is 6.64. The van der Waals surface area contributed by atoms with Gasteiger partial charge in [0.05, 0.1) is 0 Å². The molecule has 0 amide bonds. The molecule has 92 valence electrons. The monoisotopic (exact) mass is 302 g/mol. The summed E-state index contributed by atoms with van der Waals surface area (Å²) in [5, 5.41) is 7.39. The minimum Gasteiger partial charge on any atom is -0.384 e. The van der Waals surface area contributed by atoms with Crippen molar-refractivity contribution in [2.45, 2.75) is 13.3 Å². The fourth-order valence-electron chi connectivity index (χ4n) is 1.84. The molecular formula is C15H15BrN2. The normalized spacial score (nSPS) is 10.3. The highest BCUT2D eigenvalue weighted by molar-refractivity contribution is 9.10. The van der Waals surface area contributed by atoms with Crippen LogP contribution in [0.5, 0.6) is 0 Å². The average Bonchev–Trinajstić information content (AvgIpc) is 2.39. The predicted molar refractivity (Wildman–Crippen MR) is 80.0 cm³/mol. The second kappa shape index (κ2) is 5.36. The summed E-state index contributed by atoms with van der Waals surface area (Å²) in [6.45, 7) is 2.14. The van der Waals surface area contributed by atoms with Gasteiger partial charge in [0, 0.05) is 10.0 Å². The van der Waals surface area contributed by atoms with Crippen LogP contribution in [0.1, 0.15) is 18.1 Å². The van der Waals surface area contributed by atoms with Crippen LogP contribution in [-0.2, 0) is 6.42 Å². The maximum Gasteiger partial charge on any atom is 0.122 e. The Morgan fingerprint density at radius 3 is 2.39 bits per heavy atom. The van der Waals surface area contributed by atoms with Gasteiger partial charge in [-0.1, -0.05) is 59.3 Å². The van der Waals surface area contributed by atoms with E-state index in [0.717, 1.165) is 22.0 Å². The van der Waals surface area contributed by atoms with Crippen molar-refractivity contribution < 1.29 is 0 Å². The molecule has 3 heteroatoms. The molecule has 0 fully saturated rings. The van der Waals surface area contributed by atoms with Crippen molar-refractivity contribution in [3.05, 3.63) is 58.1 Å². The number of nitrogens with one attached hydrogen (secondary N) is 1. The van der Waals surface area contributed by atoms with Crippen molar-refractivity contribution in [3.63, 3.8) is 0 Å². The lowest BCUT2D eigenvalue weighted by Gasteiger charge is -2.08. The van der Waals surface area contributed by atoms with E-state index in [1.807, 2.05) is 24.3 Å². The van der Waals surface area contributed by atoms with E-state index in [-0.39, 0.29) is 5.84 Å². The molecule has 0 radical (unpaired) electrons. The molecule has 0 bridgehead atoms. The number of hydrogen-bond acceptors (Lipinski definition) is 1. The summed E-state index contributed by atoms with van der Waals surface area (Å²) in [5.74, 6) is 0.0999. The Hall–Kier alpha value is -1.61. The molecule has 2 rings (SSSR count). The van der Waals surface area contributed by atoms with Gasteiger partial charge in [0.15, 0.2) is 0 Å². The summed E-state index contributed by atoms with van der Waals surface area (Å²) in [6, 6.07) is 14.1. The fraction of sp³-hybridized carbons (Fsp3) is 0.133. The molecule has 18 heavy (non-hydrogen) atoms. The number of aryl methyl sites for hydroxylation is 1. The van der Waals surface area contributed by atoms with Gasteiger partial charge in [-0.3, -0.25) is 5.41 Å². The largest absolute Gasteiger partial charge is 0.384 e. The molecule has 0 heterocycles. The number of amidine groups is 1. The SMILES string of the molecule is CCc1ccc(Br)c(-c2ccc(C(=N)N)cc2)c1. The van der Waals surface area contributed by atoms with Gasteiger partial charge in [-0.15, -0.1) is 0 Å². The van der Waals surface area contributed by atoms with Crippen LogP contribution in [0, 0.1) is 5.41 Å². The topological polar surface area (TPSA) is 49.9 Å². The Morgan fingerprint density at radius 1 is 1.17 bits per heavy atom. The van der Waals surface area contributed by atoms with Gasteiger partial charge in [0.1, 0.15) is 5.84 Å². The van der Waals surface area contributed by atoms with Crippen molar-refractivity contribution in [1.82, 2.24) is 0 Å². The van der Waals surface area contributed by atoms with E-state index in [1.165, 1.54) is 11.1 Å². The van der Waals surface area contributed by atoms with E-state index in [2.05, 4.69) is 41.1 Å². The molecule has 0 aliphatic carbocycles. The summed E-state index contributed by atoms with van der Waals surface area (Å²) in [6.07, 6.45) is 1.02. The van der Waals surface area contributed by atoms with Crippen molar-refractivity contribution in [2.75, 3.05) is 0 Å². The van der Waals surface area contributed by atoms with Gasteiger partial charge in [0.25, 0.3) is 0 Å². The van der Waals surface area contributed by atoms with Gasteiger partial charge < -0.3 is 5.73 Å². The van der Waals surface area contributed by atoms with E-state index in [0.29, 0.717) is 0 Å². The molecule has 0 aliphatic heterocycles. The van der Waals surface area contributed by atoms with E-state index < -0.39 is 0 Å². The summed E-state index contributed by atoms with van der Waals surface area (Å²) in [4.78, 5) is 0. The predicted octanol–water partition coefficient (Wildman–Crippen LogP) is 3.96. The van der Waals surface area contributed by atoms with Gasteiger partial charge in [0.2, 0.25) is 0 Å². The molecule has 2 aromatic rings. The highest BCUT2D eigenvalue weighted by Crippen LogP contribution is 2.29. The van der Waals surface area contributed by atoms with Crippen LogP contribution in [0.3, 0.4) is 0 Å². The minimum atomic E-state index is 0.0999. The van der Waals surface area contributed by atoms with E-state index in [4.69, 9.17) is 11.1 Å². The zero-order valence-electron chi connectivity index (χ0n) is 10.2. The molecular weight excluding hydrogens is 288 g/mol. The number of hydrogen-bond donors (Lipinski definition) is 2. The Bertz CT molecular complexity index is 574. The highest BCUT2D eigenvalue weighted by Gasteiger charge is 2.05. The third kappa shape index (κ3) is 2.62. The van der Waals surface area contributed by atoms with Crippen LogP contribution in [0.4, 0.5) is 0 Å². The summed E-state index contributed by atoms with van der Waals surface area (Å²) >= 11 is 3.58. The molecule has 0 atom stereocenters. The Kier molecular flexibility index (Phi) is 3.82. The van der Waals surface area contributed by atoms with Crippen LogP contribution in [0.2, 0.25) is 0 Å². The average molecular weight is 303 g/mol. The molecule has 2 aromatic carbocycles. The van der Waals surface area contributed by atoms with Crippen LogP contribution >= 0.6 is 15.9 Å². The first-order chi connectivity index (χ1) is 8.61. The van der Waals surface area contributed by atoms with Crippen LogP contribution in [-0.4, -0.2) is 5.84 Å². The van der Waals surface area contributed by atoms with Gasteiger partial charge in [-0.05, 0) is 29.2 Å². The quantitative estimate of drug-likeness (QED) is 0.654. The second-order valence-corrected chi connectivity index (χ2v) is 5.01. The molecule has 0 unspecified atom stereocenters. The number of nitrogens with two attached hydrogens (primary N) is 1. The maximum absolute atomic E-state index is 7.39. The van der Waals surface area contributed by atoms with E-state index >= 15 is 0 Å². The van der Waals surface area contributed by atoms with Crippen molar-refractivity contribution in [1.29, 1.82) is 5.41 Å². The molecule has 0 aromatic heterocycles. The maximum atomic E-state index is 7.39. The lowest BCUT2D eigenvalue weighted by molar-refractivity contribution is 1.14. The number of halogens is 1. The number of nitrogen functional groups attached to an aromatic ring is 1. The van der Waals surface area contributed by atoms with Crippen LogP contribution < -0.4 is 5.73 Å². The third-order valence-corrected chi connectivity index (χ3v) is 3.64. The van der Waals surface area contributed by atoms with Crippen LogP contribution in [0.15, 0.2) is 46.9 Å². The fourth-order valence-corrected chi connectivity index (χ4v) is 2.32. The zero-order chi connectivity index (χ0) is 13.1. The standard InChI is InChI=1S/C15H15BrN2/c1-2-10-3-8-14(16)13(9-10)11-4-6-12(7-5-11)15(17)18/h3-9H,2H2,1H3,(H3,17,18). The summed E-state index contributed by atoms with van der Waals surface area (Å²) in [7, 11) is 0. The van der Waals surface area contributed by atoms with Crippen molar-refractivity contribution >= 4 is 21.8 Å². The van der Waals surface area contributed by atoms with Gasteiger partial charge in [-0.2, -0.15) is 0 Å². The first kappa shape index (κ1) is 12.8. The minimum absolute atomic E-state index is 0.0999. The van der Waals surface area contributed by atoms with Crippen LogP contribution in [0.25, 0.3) is 11.1 Å². The first-order valence-electron chi connectivity index (χ1n) is 5.85. The van der Waals surface area contributed by atoms with Crippen molar-refractivity contribution in [2.24, 2.45) is 5.73 Å². The number of benzene rings is 2. The second-order valence-electron chi connectivity index (χ2n) is 4.16. The van der Waals surface area contributed by atoms with Crippen molar-refractivity contribution in [3.8, 4) is 11.1 Å². The molecule has 0 aliphatic rings. The molecule has 3 N–H and O–H groups in total. The Morgan fingerprint density at radius 2 is 1.83 bits per heavy atom. The lowest BCUT2D eigenvalue weighted by atomic mass is 10.0. The lowest BCUT2D eigenvalue weighted by Crippen LogP contribution is -2.10. The highest BCUT2D eigenvalue weighted by atomic mass is 79.9. The zero-order valence-corrected chi connectivity index (χ0v) is 11.8. The Balaban J connectivity index is 2.44. The summed E-state index contributed by atoms with van der Waals surface area (Å²) in [5.41, 5.74) is 9.81. The smallest absolute Gasteiger partial charge is 0.122 e. The van der Waals surface area contributed by atoms with Gasteiger partial charge in [-0.25, -0.2) is 0 Å². The third-order valence-electron chi connectivity index (χ3n) is 2.95. The molecule has 2 nitrogen and oxygen atoms in total. The number of rotatable bonds is 3. The molecule has 0 spiro atoms. The van der Waals surface area contributed by atoms with E-state index in [9.17, 15) is 0 Å². The Labute approximate surface area is 115 Å². The summed E-state index contributed by atoms with van der Waals surface area (Å²) < 4.78 is 1.08. The molecule has 0 saturated carbocycles. The molecule has 0 saturated heterocycles. The van der Waals surface area contributed by atoms with E-state index in [1.54, 1.807) is 0 Å².